The van der Waals surface area contributed by atoms with Crippen molar-refractivity contribution in [1.29, 1.82) is 0 Å². The molecular weight excluding hydrogens is 314 g/mol. The van der Waals surface area contributed by atoms with Gasteiger partial charge in [0.05, 0.1) is 16.3 Å². The van der Waals surface area contributed by atoms with E-state index in [0.717, 1.165) is 16.3 Å². The number of carbonyl (C=O) groups excluding carboxylic acids is 1. The summed E-state index contributed by atoms with van der Waals surface area (Å²) in [6.07, 6.45) is 0.708. The summed E-state index contributed by atoms with van der Waals surface area (Å²) in [6.45, 7) is 4.88. The van der Waals surface area contributed by atoms with Gasteiger partial charge in [-0.3, -0.25) is 0 Å². The molecule has 0 atom stereocenters. The molecule has 0 aliphatic rings. The number of benzene rings is 1. The SMILES string of the molecule is Cc1nc(CCNC(=O)NCc2ccc(C(=O)O)cc2)sc1C. The highest BCUT2D eigenvalue weighted by Gasteiger charge is 2.06. The minimum Gasteiger partial charge on any atom is -0.478 e. The number of urea groups is 1. The van der Waals surface area contributed by atoms with Crippen LogP contribution < -0.4 is 10.6 Å². The normalized spacial score (nSPS) is 10.3. The Labute approximate surface area is 138 Å². The van der Waals surface area contributed by atoms with Crippen LogP contribution in [-0.4, -0.2) is 28.6 Å². The molecule has 0 aliphatic heterocycles. The second kappa shape index (κ2) is 7.73. The Balaban J connectivity index is 1.71. The second-order valence-corrected chi connectivity index (χ2v) is 6.40. The number of amides is 2. The van der Waals surface area contributed by atoms with Crippen molar-refractivity contribution in [2.45, 2.75) is 26.8 Å². The molecule has 0 fully saturated rings. The van der Waals surface area contributed by atoms with Crippen LogP contribution in [0.2, 0.25) is 0 Å². The van der Waals surface area contributed by atoms with Crippen LogP contribution in [-0.2, 0) is 13.0 Å². The van der Waals surface area contributed by atoms with E-state index >= 15 is 0 Å². The Morgan fingerprint density at radius 1 is 1.17 bits per heavy atom. The molecule has 2 rings (SSSR count). The van der Waals surface area contributed by atoms with Crippen LogP contribution in [0.25, 0.3) is 0 Å². The summed E-state index contributed by atoms with van der Waals surface area (Å²) in [4.78, 5) is 28.1. The lowest BCUT2D eigenvalue weighted by molar-refractivity contribution is 0.0697. The number of nitrogens with zero attached hydrogens (tertiary/aromatic N) is 1. The Morgan fingerprint density at radius 3 is 2.43 bits per heavy atom. The Bertz CT molecular complexity index is 676. The van der Waals surface area contributed by atoms with E-state index < -0.39 is 5.97 Å². The predicted octanol–water partition coefficient (Wildman–Crippen LogP) is 2.50. The average molecular weight is 333 g/mol. The molecule has 0 saturated heterocycles. The van der Waals surface area contributed by atoms with Gasteiger partial charge in [0.25, 0.3) is 0 Å². The molecule has 1 heterocycles. The van der Waals surface area contributed by atoms with Gasteiger partial charge in [-0.05, 0) is 31.5 Å². The minimum absolute atomic E-state index is 0.229. The molecule has 2 aromatic rings. The fraction of sp³-hybridized carbons (Fsp3) is 0.312. The van der Waals surface area contributed by atoms with Crippen molar-refractivity contribution in [3.8, 4) is 0 Å². The highest BCUT2D eigenvalue weighted by atomic mass is 32.1. The molecule has 6 nitrogen and oxygen atoms in total. The fourth-order valence-corrected chi connectivity index (χ4v) is 2.87. The molecule has 0 bridgehead atoms. The first-order valence-electron chi connectivity index (χ1n) is 7.22. The number of aromatic nitrogens is 1. The number of aromatic carboxylic acids is 1. The van der Waals surface area contributed by atoms with Gasteiger partial charge in [-0.15, -0.1) is 11.3 Å². The smallest absolute Gasteiger partial charge is 0.335 e. The van der Waals surface area contributed by atoms with Gasteiger partial charge in [-0.2, -0.15) is 0 Å². The zero-order chi connectivity index (χ0) is 16.8. The van der Waals surface area contributed by atoms with Gasteiger partial charge in [0, 0.05) is 24.4 Å². The van der Waals surface area contributed by atoms with Crippen molar-refractivity contribution in [3.05, 3.63) is 51.0 Å². The molecule has 1 aromatic carbocycles. The van der Waals surface area contributed by atoms with Gasteiger partial charge < -0.3 is 15.7 Å². The number of hydrogen-bond acceptors (Lipinski definition) is 4. The molecule has 7 heteroatoms. The summed E-state index contributed by atoms with van der Waals surface area (Å²) in [5.41, 5.74) is 2.11. The molecule has 23 heavy (non-hydrogen) atoms. The summed E-state index contributed by atoms with van der Waals surface area (Å²) in [5.74, 6) is -0.963. The topological polar surface area (TPSA) is 91.3 Å². The van der Waals surface area contributed by atoms with Gasteiger partial charge in [0.15, 0.2) is 0 Å². The van der Waals surface area contributed by atoms with E-state index in [0.29, 0.717) is 19.5 Å². The van der Waals surface area contributed by atoms with E-state index in [-0.39, 0.29) is 11.6 Å². The molecular formula is C16H19N3O3S. The van der Waals surface area contributed by atoms with Gasteiger partial charge in [-0.25, -0.2) is 14.6 Å². The van der Waals surface area contributed by atoms with Gasteiger partial charge in [0.1, 0.15) is 0 Å². The number of hydrogen-bond donors (Lipinski definition) is 3. The molecule has 3 N–H and O–H groups in total. The standard InChI is InChI=1S/C16H19N3O3S/c1-10-11(2)23-14(19-10)7-8-17-16(22)18-9-12-3-5-13(6-4-12)15(20)21/h3-6H,7-9H2,1-2H3,(H,20,21)(H2,17,18,22). The van der Waals surface area contributed by atoms with Gasteiger partial charge in [0.2, 0.25) is 0 Å². The Morgan fingerprint density at radius 2 is 1.87 bits per heavy atom. The quantitative estimate of drug-likeness (QED) is 0.757. The zero-order valence-electron chi connectivity index (χ0n) is 13.0. The lowest BCUT2D eigenvalue weighted by Crippen LogP contribution is -2.36. The summed E-state index contributed by atoms with van der Waals surface area (Å²) in [7, 11) is 0. The highest BCUT2D eigenvalue weighted by molar-refractivity contribution is 7.11. The van der Waals surface area contributed by atoms with Crippen LogP contribution in [0.3, 0.4) is 0 Å². The van der Waals surface area contributed by atoms with Crippen LogP contribution in [0, 0.1) is 13.8 Å². The van der Waals surface area contributed by atoms with Gasteiger partial charge >= 0.3 is 12.0 Å². The van der Waals surface area contributed by atoms with Crippen molar-refractivity contribution in [2.24, 2.45) is 0 Å². The molecule has 1 aromatic heterocycles. The number of aryl methyl sites for hydroxylation is 2. The monoisotopic (exact) mass is 333 g/mol. The van der Waals surface area contributed by atoms with E-state index in [1.807, 2.05) is 13.8 Å². The third-order valence-corrected chi connectivity index (χ3v) is 4.48. The number of carboxylic acids is 1. The fourth-order valence-electron chi connectivity index (χ4n) is 1.94. The van der Waals surface area contributed by atoms with Crippen LogP contribution >= 0.6 is 11.3 Å². The molecule has 0 unspecified atom stereocenters. The zero-order valence-corrected chi connectivity index (χ0v) is 13.9. The summed E-state index contributed by atoms with van der Waals surface area (Å²) in [6, 6.07) is 6.15. The molecule has 2 amide bonds. The van der Waals surface area contributed by atoms with Crippen molar-refractivity contribution < 1.29 is 14.7 Å². The Hall–Kier alpha value is -2.41. The van der Waals surface area contributed by atoms with E-state index in [4.69, 9.17) is 5.11 Å². The number of thiazole rings is 1. The van der Waals surface area contributed by atoms with Crippen molar-refractivity contribution in [3.63, 3.8) is 0 Å². The van der Waals surface area contributed by atoms with Crippen LogP contribution in [0.1, 0.15) is 31.5 Å². The third-order valence-electron chi connectivity index (χ3n) is 3.35. The van der Waals surface area contributed by atoms with Crippen molar-refractivity contribution in [1.82, 2.24) is 15.6 Å². The molecule has 122 valence electrons. The number of carboxylic acid groups (broad SMARTS) is 1. The predicted molar refractivity (Wildman–Crippen MR) is 88.9 cm³/mol. The molecule has 0 radical (unpaired) electrons. The van der Waals surface area contributed by atoms with E-state index in [1.54, 1.807) is 23.5 Å². The van der Waals surface area contributed by atoms with E-state index in [9.17, 15) is 9.59 Å². The third kappa shape index (κ3) is 5.07. The van der Waals surface area contributed by atoms with Crippen molar-refractivity contribution >= 4 is 23.3 Å². The first-order valence-corrected chi connectivity index (χ1v) is 8.04. The lowest BCUT2D eigenvalue weighted by atomic mass is 10.1. The maximum atomic E-state index is 11.7. The van der Waals surface area contributed by atoms with Gasteiger partial charge in [-0.1, -0.05) is 12.1 Å². The minimum atomic E-state index is -0.963. The number of nitrogens with one attached hydrogen (secondary N) is 2. The maximum Gasteiger partial charge on any atom is 0.335 e. The van der Waals surface area contributed by atoms with Crippen LogP contribution in [0.15, 0.2) is 24.3 Å². The number of rotatable bonds is 6. The summed E-state index contributed by atoms with van der Waals surface area (Å²) < 4.78 is 0. The van der Waals surface area contributed by atoms with E-state index in [2.05, 4.69) is 15.6 Å². The highest BCUT2D eigenvalue weighted by Crippen LogP contribution is 2.16. The Kier molecular flexibility index (Phi) is 5.70. The first kappa shape index (κ1) is 17.0. The van der Waals surface area contributed by atoms with Crippen molar-refractivity contribution in [2.75, 3.05) is 6.54 Å². The lowest BCUT2D eigenvalue weighted by Gasteiger charge is -2.07. The maximum absolute atomic E-state index is 11.7. The van der Waals surface area contributed by atoms with E-state index in [1.165, 1.54) is 17.0 Å². The average Bonchev–Trinajstić information content (AvgIpc) is 2.84. The van der Waals surface area contributed by atoms with Crippen LogP contribution in [0.4, 0.5) is 4.79 Å². The van der Waals surface area contributed by atoms with Crippen LogP contribution in [0.5, 0.6) is 0 Å². The molecule has 0 saturated carbocycles. The second-order valence-electron chi connectivity index (χ2n) is 5.11. The largest absolute Gasteiger partial charge is 0.478 e. The summed E-state index contributed by atoms with van der Waals surface area (Å²) >= 11 is 1.65. The first-order chi connectivity index (χ1) is 11.0. The molecule has 0 spiro atoms. The number of carbonyl (C=O) groups is 2. The summed E-state index contributed by atoms with van der Waals surface area (Å²) in [5, 5.41) is 15.4. The molecule has 0 aliphatic carbocycles.